The number of hydrogen-bond acceptors (Lipinski definition) is 3. The molecule has 1 unspecified atom stereocenters. The molecule has 1 aromatic carbocycles. The molecule has 86 valence electrons. The van der Waals surface area contributed by atoms with Gasteiger partial charge in [0, 0.05) is 5.56 Å². The minimum atomic E-state index is -4.51. The molecule has 6 heteroatoms. The zero-order valence-corrected chi connectivity index (χ0v) is 8.28. The van der Waals surface area contributed by atoms with Gasteiger partial charge < -0.3 is 0 Å². The van der Waals surface area contributed by atoms with Gasteiger partial charge in [0.1, 0.15) is 0 Å². The molecule has 0 saturated heterocycles. The molecule has 0 saturated carbocycles. The molecule has 0 bridgehead atoms. The molecule has 0 spiro atoms. The fraction of sp³-hybridized carbons (Fsp3) is 0.300. The molecule has 16 heavy (non-hydrogen) atoms. The van der Waals surface area contributed by atoms with Gasteiger partial charge in [-0.15, -0.1) is 0 Å². The Morgan fingerprint density at radius 2 is 2.00 bits per heavy atom. The van der Waals surface area contributed by atoms with E-state index in [4.69, 9.17) is 0 Å². The zero-order chi connectivity index (χ0) is 12.3. The van der Waals surface area contributed by atoms with Crippen LogP contribution in [-0.2, 0) is 6.18 Å². The molecule has 0 aliphatic rings. The molecule has 0 aromatic heterocycles. The lowest BCUT2D eigenvalue weighted by Gasteiger charge is -2.08. The monoisotopic (exact) mass is 231 g/mol. The Hall–Kier alpha value is -1.72. The second-order valence-electron chi connectivity index (χ2n) is 3.22. The highest BCUT2D eigenvalue weighted by atomic mass is 19.4. The molecule has 1 aromatic rings. The van der Waals surface area contributed by atoms with Gasteiger partial charge in [-0.3, -0.25) is 4.79 Å². The predicted molar refractivity (Wildman–Crippen MR) is 51.0 cm³/mol. The average molecular weight is 231 g/mol. The van der Waals surface area contributed by atoms with Crippen LogP contribution in [0.4, 0.5) is 13.2 Å². The molecule has 1 atom stereocenters. The van der Waals surface area contributed by atoms with E-state index in [-0.39, 0.29) is 5.56 Å². The summed E-state index contributed by atoms with van der Waals surface area (Å²) in [5, 5.41) is 2.48. The largest absolute Gasteiger partial charge is 0.416 e. The number of hydrogen-bond donors (Lipinski definition) is 0. The van der Waals surface area contributed by atoms with Gasteiger partial charge in [-0.1, -0.05) is 17.3 Å². The number of ketones is 1. The number of halogens is 3. The van der Waals surface area contributed by atoms with Crippen molar-refractivity contribution in [1.29, 1.82) is 0 Å². The van der Waals surface area contributed by atoms with Crippen molar-refractivity contribution in [3.8, 4) is 0 Å². The summed E-state index contributed by atoms with van der Waals surface area (Å²) in [5.74, 6) is -0.721. The van der Waals surface area contributed by atoms with E-state index in [1.165, 1.54) is 13.0 Å². The zero-order valence-electron chi connectivity index (χ0n) is 8.28. The van der Waals surface area contributed by atoms with Crippen molar-refractivity contribution in [1.82, 2.24) is 0 Å². The van der Waals surface area contributed by atoms with Gasteiger partial charge in [-0.05, 0) is 19.1 Å². The van der Waals surface area contributed by atoms with E-state index in [0.29, 0.717) is 6.07 Å². The third-order valence-corrected chi connectivity index (χ3v) is 2.01. The van der Waals surface area contributed by atoms with Crippen LogP contribution in [0.5, 0.6) is 0 Å². The number of carbonyl (C=O) groups is 1. The van der Waals surface area contributed by atoms with E-state index < -0.39 is 23.6 Å². The maximum Gasteiger partial charge on any atom is 0.416 e. The minimum absolute atomic E-state index is 0.165. The number of alkyl halides is 3. The van der Waals surface area contributed by atoms with Gasteiger partial charge in [-0.25, -0.2) is 0 Å². The molecule has 0 heterocycles. The first-order chi connectivity index (χ1) is 7.36. The quantitative estimate of drug-likeness (QED) is 0.592. The maximum absolute atomic E-state index is 12.3. The summed E-state index contributed by atoms with van der Waals surface area (Å²) in [6.07, 6.45) is -4.51. The van der Waals surface area contributed by atoms with Crippen LogP contribution >= 0.6 is 0 Å². The van der Waals surface area contributed by atoms with Crippen LogP contribution in [0.25, 0.3) is 0 Å². The lowest BCUT2D eigenvalue weighted by atomic mass is 10.0. The Morgan fingerprint density at radius 1 is 1.38 bits per heavy atom. The Labute approximate surface area is 89.2 Å². The van der Waals surface area contributed by atoms with E-state index in [0.717, 1.165) is 12.1 Å². The van der Waals surface area contributed by atoms with Gasteiger partial charge in [0.25, 0.3) is 0 Å². The average Bonchev–Trinajstić information content (AvgIpc) is 2.26. The normalized spacial score (nSPS) is 13.2. The van der Waals surface area contributed by atoms with Crippen LogP contribution < -0.4 is 0 Å². The maximum atomic E-state index is 12.3. The number of benzene rings is 1. The third kappa shape index (κ3) is 2.65. The van der Waals surface area contributed by atoms with Crippen LogP contribution in [-0.4, -0.2) is 11.8 Å². The van der Waals surface area contributed by atoms with Crippen LogP contribution in [0, 0.1) is 4.91 Å². The van der Waals surface area contributed by atoms with Crippen molar-refractivity contribution in [3.63, 3.8) is 0 Å². The first kappa shape index (κ1) is 12.4. The molecule has 0 aliphatic heterocycles. The Bertz CT molecular complexity index is 415. The highest BCUT2D eigenvalue weighted by molar-refractivity contribution is 6.00. The van der Waals surface area contributed by atoms with Crippen molar-refractivity contribution < 1.29 is 18.0 Å². The van der Waals surface area contributed by atoms with Crippen molar-refractivity contribution in [2.45, 2.75) is 19.1 Å². The van der Waals surface area contributed by atoms with E-state index >= 15 is 0 Å². The van der Waals surface area contributed by atoms with Crippen molar-refractivity contribution in [3.05, 3.63) is 40.3 Å². The van der Waals surface area contributed by atoms with Gasteiger partial charge in [0.2, 0.25) is 0 Å². The standard InChI is InChI=1S/C10H8F3NO2/c1-6(14-16)9(15)7-3-2-4-8(5-7)10(11,12)13/h2-6H,1H3. The summed E-state index contributed by atoms with van der Waals surface area (Å²) in [4.78, 5) is 21.5. The summed E-state index contributed by atoms with van der Waals surface area (Å²) >= 11 is 0. The van der Waals surface area contributed by atoms with Gasteiger partial charge in [-0.2, -0.15) is 18.1 Å². The summed E-state index contributed by atoms with van der Waals surface area (Å²) in [6.45, 7) is 1.23. The molecular weight excluding hydrogens is 223 g/mol. The van der Waals surface area contributed by atoms with E-state index in [1.54, 1.807) is 0 Å². The summed E-state index contributed by atoms with van der Waals surface area (Å²) in [7, 11) is 0. The van der Waals surface area contributed by atoms with Crippen LogP contribution in [0.3, 0.4) is 0 Å². The van der Waals surface area contributed by atoms with Crippen molar-refractivity contribution >= 4 is 5.78 Å². The Balaban J connectivity index is 3.08. The third-order valence-electron chi connectivity index (χ3n) is 2.01. The van der Waals surface area contributed by atoms with E-state index in [1.807, 2.05) is 0 Å². The SMILES string of the molecule is CC(N=O)C(=O)c1cccc(C(F)(F)F)c1. The van der Waals surface area contributed by atoms with Gasteiger partial charge >= 0.3 is 6.18 Å². The summed E-state index contributed by atoms with van der Waals surface area (Å²) in [6, 6.07) is 2.73. The molecule has 3 nitrogen and oxygen atoms in total. The molecule has 0 amide bonds. The Kier molecular flexibility index (Phi) is 3.41. The Morgan fingerprint density at radius 3 is 2.50 bits per heavy atom. The first-order valence-electron chi connectivity index (χ1n) is 4.40. The number of carbonyl (C=O) groups excluding carboxylic acids is 1. The fourth-order valence-electron chi connectivity index (χ4n) is 1.14. The van der Waals surface area contributed by atoms with E-state index in [9.17, 15) is 22.9 Å². The van der Waals surface area contributed by atoms with Crippen LogP contribution in [0.1, 0.15) is 22.8 Å². The van der Waals surface area contributed by atoms with Gasteiger partial charge in [0.05, 0.1) is 5.56 Å². The highest BCUT2D eigenvalue weighted by Gasteiger charge is 2.31. The van der Waals surface area contributed by atoms with Gasteiger partial charge in [0.15, 0.2) is 11.8 Å². The number of nitroso groups, excluding NO2 is 1. The molecule has 0 N–H and O–H groups in total. The fourth-order valence-corrected chi connectivity index (χ4v) is 1.14. The second-order valence-corrected chi connectivity index (χ2v) is 3.22. The number of rotatable bonds is 3. The summed E-state index contributed by atoms with van der Waals surface area (Å²) < 4.78 is 37.0. The number of Topliss-reactive ketones (excluding diaryl/α,β-unsaturated/α-hetero) is 1. The molecular formula is C10H8F3NO2. The second kappa shape index (κ2) is 4.42. The van der Waals surface area contributed by atoms with Crippen LogP contribution in [0.2, 0.25) is 0 Å². The molecule has 0 radical (unpaired) electrons. The first-order valence-corrected chi connectivity index (χ1v) is 4.40. The molecule has 0 fully saturated rings. The molecule has 0 aliphatic carbocycles. The lowest BCUT2D eigenvalue weighted by molar-refractivity contribution is -0.137. The predicted octanol–water partition coefficient (Wildman–Crippen LogP) is 3.04. The minimum Gasteiger partial charge on any atom is -0.292 e. The van der Waals surface area contributed by atoms with E-state index in [2.05, 4.69) is 5.18 Å². The lowest BCUT2D eigenvalue weighted by Crippen LogP contribution is -2.15. The summed E-state index contributed by atoms with van der Waals surface area (Å²) in [5.41, 5.74) is -1.08. The van der Waals surface area contributed by atoms with Crippen molar-refractivity contribution in [2.75, 3.05) is 0 Å². The molecule has 1 rings (SSSR count). The van der Waals surface area contributed by atoms with Crippen LogP contribution in [0.15, 0.2) is 29.4 Å². The number of nitrogens with zero attached hydrogens (tertiary/aromatic N) is 1. The smallest absolute Gasteiger partial charge is 0.292 e. The van der Waals surface area contributed by atoms with Crippen molar-refractivity contribution in [2.24, 2.45) is 5.18 Å². The topological polar surface area (TPSA) is 46.5 Å². The highest BCUT2D eigenvalue weighted by Crippen LogP contribution is 2.29.